The summed E-state index contributed by atoms with van der Waals surface area (Å²) in [7, 11) is 0. The molecule has 1 unspecified atom stereocenters. The summed E-state index contributed by atoms with van der Waals surface area (Å²) in [6.07, 6.45) is 2.17. The largest absolute Gasteiger partial charge is 0.396 e. The predicted octanol–water partition coefficient (Wildman–Crippen LogP) is 1.72. The second-order valence-electron chi connectivity index (χ2n) is 3.56. The molecule has 0 heterocycles. The molecule has 0 aliphatic rings. The van der Waals surface area contributed by atoms with Crippen molar-refractivity contribution in [1.29, 1.82) is 0 Å². The molecule has 2 N–H and O–H groups in total. The van der Waals surface area contributed by atoms with Gasteiger partial charge in [-0.05, 0) is 32.1 Å². The van der Waals surface area contributed by atoms with E-state index in [1.165, 1.54) is 0 Å². The van der Waals surface area contributed by atoms with Crippen LogP contribution < -0.4 is 0 Å². The lowest BCUT2D eigenvalue weighted by atomic mass is 9.98. The molecule has 0 saturated carbocycles. The SMILES string of the molecule is C=C(C)C(O)CC[C@H](C)CCO. The number of rotatable bonds is 6. The summed E-state index contributed by atoms with van der Waals surface area (Å²) < 4.78 is 0. The van der Waals surface area contributed by atoms with Crippen molar-refractivity contribution in [2.75, 3.05) is 6.61 Å². The zero-order valence-corrected chi connectivity index (χ0v) is 8.08. The van der Waals surface area contributed by atoms with Crippen molar-refractivity contribution in [2.24, 2.45) is 5.92 Å². The maximum Gasteiger partial charge on any atom is 0.0744 e. The molecule has 12 heavy (non-hydrogen) atoms. The minimum atomic E-state index is -0.369. The fourth-order valence-corrected chi connectivity index (χ4v) is 1.05. The highest BCUT2D eigenvalue weighted by Gasteiger charge is 2.07. The van der Waals surface area contributed by atoms with Gasteiger partial charge >= 0.3 is 0 Å². The molecule has 0 spiro atoms. The van der Waals surface area contributed by atoms with Crippen LogP contribution in [-0.2, 0) is 0 Å². The minimum absolute atomic E-state index is 0.240. The van der Waals surface area contributed by atoms with Crippen molar-refractivity contribution in [3.63, 3.8) is 0 Å². The first kappa shape index (κ1) is 11.7. The third-order valence-corrected chi connectivity index (χ3v) is 2.12. The summed E-state index contributed by atoms with van der Waals surface area (Å²) >= 11 is 0. The molecule has 0 aromatic heterocycles. The van der Waals surface area contributed by atoms with Gasteiger partial charge in [0.05, 0.1) is 6.10 Å². The van der Waals surface area contributed by atoms with E-state index >= 15 is 0 Å². The Kier molecular flexibility index (Phi) is 6.03. The van der Waals surface area contributed by atoms with Gasteiger partial charge in [-0.15, -0.1) is 0 Å². The molecule has 0 fully saturated rings. The van der Waals surface area contributed by atoms with Gasteiger partial charge in [0, 0.05) is 6.61 Å². The maximum atomic E-state index is 9.38. The molecule has 0 aromatic rings. The normalized spacial score (nSPS) is 15.7. The highest BCUT2D eigenvalue weighted by Crippen LogP contribution is 2.14. The van der Waals surface area contributed by atoms with Gasteiger partial charge in [-0.25, -0.2) is 0 Å². The topological polar surface area (TPSA) is 40.5 Å². The summed E-state index contributed by atoms with van der Waals surface area (Å²) in [6.45, 7) is 7.84. The Bertz CT molecular complexity index is 132. The lowest BCUT2D eigenvalue weighted by Crippen LogP contribution is -2.09. The fraction of sp³-hybridized carbons (Fsp3) is 0.800. The Morgan fingerprint density at radius 1 is 1.33 bits per heavy atom. The zero-order chi connectivity index (χ0) is 9.56. The van der Waals surface area contributed by atoms with E-state index in [2.05, 4.69) is 13.5 Å². The Morgan fingerprint density at radius 3 is 2.33 bits per heavy atom. The van der Waals surface area contributed by atoms with Crippen LogP contribution in [0.25, 0.3) is 0 Å². The van der Waals surface area contributed by atoms with E-state index in [9.17, 15) is 5.11 Å². The molecule has 0 aliphatic carbocycles. The summed E-state index contributed by atoms with van der Waals surface area (Å²) in [5.41, 5.74) is 0.825. The highest BCUT2D eigenvalue weighted by atomic mass is 16.3. The van der Waals surface area contributed by atoms with Gasteiger partial charge < -0.3 is 10.2 Å². The Hall–Kier alpha value is -0.340. The Balaban J connectivity index is 3.46. The van der Waals surface area contributed by atoms with Gasteiger partial charge in [0.2, 0.25) is 0 Å². The second-order valence-corrected chi connectivity index (χ2v) is 3.56. The average molecular weight is 172 g/mol. The number of hydrogen-bond donors (Lipinski definition) is 2. The quantitative estimate of drug-likeness (QED) is 0.599. The van der Waals surface area contributed by atoms with E-state index in [1.807, 2.05) is 6.92 Å². The molecular formula is C10H20O2. The molecule has 0 saturated heterocycles. The van der Waals surface area contributed by atoms with Gasteiger partial charge in [0.25, 0.3) is 0 Å². The first-order valence-electron chi connectivity index (χ1n) is 4.52. The number of hydrogen-bond acceptors (Lipinski definition) is 2. The molecule has 0 rings (SSSR count). The Morgan fingerprint density at radius 2 is 1.92 bits per heavy atom. The van der Waals surface area contributed by atoms with Gasteiger partial charge in [0.1, 0.15) is 0 Å². The summed E-state index contributed by atoms with van der Waals surface area (Å²) in [5.74, 6) is 0.490. The molecule has 0 aliphatic heterocycles. The zero-order valence-electron chi connectivity index (χ0n) is 8.08. The highest BCUT2D eigenvalue weighted by molar-refractivity contribution is 4.96. The number of aliphatic hydroxyl groups is 2. The van der Waals surface area contributed by atoms with Crippen molar-refractivity contribution in [2.45, 2.75) is 39.2 Å². The predicted molar refractivity (Wildman–Crippen MR) is 50.9 cm³/mol. The van der Waals surface area contributed by atoms with Crippen molar-refractivity contribution in [3.8, 4) is 0 Å². The second kappa shape index (κ2) is 6.21. The first-order chi connectivity index (χ1) is 5.57. The molecule has 0 radical (unpaired) electrons. The van der Waals surface area contributed by atoms with E-state index in [0.717, 1.165) is 24.8 Å². The minimum Gasteiger partial charge on any atom is -0.396 e. The van der Waals surface area contributed by atoms with E-state index in [1.54, 1.807) is 0 Å². The van der Waals surface area contributed by atoms with Crippen molar-refractivity contribution in [1.82, 2.24) is 0 Å². The molecule has 2 atom stereocenters. The van der Waals surface area contributed by atoms with Crippen LogP contribution in [0.2, 0.25) is 0 Å². The van der Waals surface area contributed by atoms with Crippen LogP contribution in [0.15, 0.2) is 12.2 Å². The molecule has 2 heteroatoms. The smallest absolute Gasteiger partial charge is 0.0744 e. The van der Waals surface area contributed by atoms with E-state index in [0.29, 0.717) is 5.92 Å². The number of aliphatic hydroxyl groups excluding tert-OH is 2. The van der Waals surface area contributed by atoms with Crippen molar-refractivity contribution < 1.29 is 10.2 Å². The van der Waals surface area contributed by atoms with Gasteiger partial charge in [-0.3, -0.25) is 0 Å². The van der Waals surface area contributed by atoms with E-state index in [-0.39, 0.29) is 12.7 Å². The fourth-order valence-electron chi connectivity index (χ4n) is 1.05. The van der Waals surface area contributed by atoms with Crippen LogP contribution in [0.4, 0.5) is 0 Å². The van der Waals surface area contributed by atoms with E-state index in [4.69, 9.17) is 5.11 Å². The standard InChI is InChI=1S/C10H20O2/c1-8(2)10(12)5-4-9(3)6-7-11/h9-12H,1,4-7H2,2-3H3/t9-,10?/m0/s1. The summed E-state index contributed by atoms with van der Waals surface area (Å²) in [5, 5.41) is 18.0. The van der Waals surface area contributed by atoms with E-state index < -0.39 is 0 Å². The molecule has 0 bridgehead atoms. The van der Waals surface area contributed by atoms with Crippen molar-refractivity contribution >= 4 is 0 Å². The van der Waals surface area contributed by atoms with Crippen LogP contribution in [-0.4, -0.2) is 22.9 Å². The Labute approximate surface area is 74.9 Å². The third-order valence-electron chi connectivity index (χ3n) is 2.12. The summed E-state index contributed by atoms with van der Waals surface area (Å²) in [6, 6.07) is 0. The van der Waals surface area contributed by atoms with Crippen molar-refractivity contribution in [3.05, 3.63) is 12.2 Å². The molecule has 72 valence electrons. The molecule has 0 amide bonds. The molecule has 0 aromatic carbocycles. The van der Waals surface area contributed by atoms with Crippen LogP contribution in [0.1, 0.15) is 33.1 Å². The first-order valence-corrected chi connectivity index (χ1v) is 4.52. The maximum absolute atomic E-state index is 9.38. The van der Waals surface area contributed by atoms with Gasteiger partial charge in [0.15, 0.2) is 0 Å². The van der Waals surface area contributed by atoms with Crippen LogP contribution in [0.5, 0.6) is 0 Å². The van der Waals surface area contributed by atoms with Crippen LogP contribution >= 0.6 is 0 Å². The van der Waals surface area contributed by atoms with Crippen LogP contribution in [0, 0.1) is 5.92 Å². The average Bonchev–Trinajstić information content (AvgIpc) is 2.00. The molecular weight excluding hydrogens is 152 g/mol. The summed E-state index contributed by atoms with van der Waals surface area (Å²) in [4.78, 5) is 0. The van der Waals surface area contributed by atoms with Gasteiger partial charge in [-0.1, -0.05) is 19.1 Å². The molecule has 2 nitrogen and oxygen atoms in total. The van der Waals surface area contributed by atoms with Crippen LogP contribution in [0.3, 0.4) is 0 Å². The van der Waals surface area contributed by atoms with Gasteiger partial charge in [-0.2, -0.15) is 0 Å². The third kappa shape index (κ3) is 5.33. The monoisotopic (exact) mass is 172 g/mol. The lowest BCUT2D eigenvalue weighted by molar-refractivity contribution is 0.183. The lowest BCUT2D eigenvalue weighted by Gasteiger charge is -2.13.